The second kappa shape index (κ2) is 10.6. The van der Waals surface area contributed by atoms with Crippen molar-refractivity contribution in [2.75, 3.05) is 18.0 Å². The lowest BCUT2D eigenvalue weighted by Crippen LogP contribution is -2.48. The van der Waals surface area contributed by atoms with Crippen LogP contribution >= 0.6 is 15.9 Å². The Bertz CT molecular complexity index is 1510. The van der Waals surface area contributed by atoms with Gasteiger partial charge in [0.1, 0.15) is 0 Å². The van der Waals surface area contributed by atoms with E-state index in [0.29, 0.717) is 18.6 Å². The van der Waals surface area contributed by atoms with E-state index in [4.69, 9.17) is 0 Å². The smallest absolute Gasteiger partial charge is 0.193 e. The summed E-state index contributed by atoms with van der Waals surface area (Å²) in [6.07, 6.45) is 10.6. The number of hydrogen-bond donors (Lipinski definition) is 0. The summed E-state index contributed by atoms with van der Waals surface area (Å²) in [5.41, 5.74) is 6.52. The average molecular weight is 573 g/mol. The van der Waals surface area contributed by atoms with Gasteiger partial charge in [-0.2, -0.15) is 0 Å². The van der Waals surface area contributed by atoms with Crippen LogP contribution in [0.1, 0.15) is 54.2 Å². The Kier molecular flexibility index (Phi) is 7.06. The highest BCUT2D eigenvalue weighted by Gasteiger charge is 2.29. The summed E-state index contributed by atoms with van der Waals surface area (Å²) in [7, 11) is 0. The first kappa shape index (κ1) is 25.3. The van der Waals surface area contributed by atoms with E-state index in [2.05, 4.69) is 76.8 Å². The minimum Gasteiger partial charge on any atom is -0.369 e. The maximum Gasteiger partial charge on any atom is 0.193 e. The van der Waals surface area contributed by atoms with Crippen molar-refractivity contribution in [3.05, 3.63) is 98.3 Å². The number of rotatable bonds is 7. The molecule has 4 aromatic rings. The fourth-order valence-corrected chi connectivity index (χ4v) is 6.10. The van der Waals surface area contributed by atoms with Crippen molar-refractivity contribution >= 4 is 32.5 Å². The molecule has 0 spiro atoms. The Hall–Kier alpha value is -3.03. The van der Waals surface area contributed by atoms with E-state index in [1.54, 1.807) is 0 Å². The van der Waals surface area contributed by atoms with Crippen LogP contribution in [0.15, 0.2) is 70.3 Å². The number of piperidine rings is 1. The molecule has 0 N–H and O–H groups in total. The number of halogens is 1. The number of fused-ring (bicyclic) bond motifs is 1. The Morgan fingerprint density at radius 2 is 1.87 bits per heavy atom. The number of aromatic nitrogens is 3. The topological polar surface area (TPSA) is 54.3 Å². The van der Waals surface area contributed by atoms with Crippen LogP contribution in [0.25, 0.3) is 10.9 Å². The van der Waals surface area contributed by atoms with Crippen LogP contribution in [0, 0.1) is 13.8 Å². The molecular weight excluding hydrogens is 538 g/mol. The van der Waals surface area contributed by atoms with Crippen molar-refractivity contribution in [1.29, 1.82) is 0 Å². The fourth-order valence-electron chi connectivity index (χ4n) is 5.75. The molecule has 0 unspecified atom stereocenters. The molecule has 3 aromatic heterocycles. The van der Waals surface area contributed by atoms with Crippen LogP contribution in [0.4, 0.5) is 5.69 Å². The van der Waals surface area contributed by atoms with Crippen molar-refractivity contribution in [3.63, 3.8) is 0 Å². The number of benzene rings is 1. The van der Waals surface area contributed by atoms with Gasteiger partial charge >= 0.3 is 0 Å². The van der Waals surface area contributed by atoms with Crippen LogP contribution < -0.4 is 10.3 Å². The van der Waals surface area contributed by atoms with Crippen molar-refractivity contribution in [1.82, 2.24) is 19.4 Å². The van der Waals surface area contributed by atoms with E-state index in [1.807, 2.05) is 38.4 Å². The standard InChI is InChI=1S/C31H34BrN5O/c1-21-5-7-27(16-34-21)35-13-3-4-28(20-35)36(17-23-11-12-33-22(2)14-23)18-24-19-37(26-8-9-26)30-15-25(32)6-10-29(30)31(24)38/h5-7,10-12,14-16,19,26,28H,3-4,8-9,13,17-18,20H2,1-2H3/t28-/m0/s1. The molecule has 1 atom stereocenters. The fraction of sp³-hybridized carbons (Fsp3) is 0.387. The van der Waals surface area contributed by atoms with Crippen LogP contribution in [-0.4, -0.2) is 38.6 Å². The number of pyridine rings is 3. The van der Waals surface area contributed by atoms with E-state index in [9.17, 15) is 4.79 Å². The van der Waals surface area contributed by atoms with Gasteiger partial charge < -0.3 is 9.47 Å². The zero-order valence-corrected chi connectivity index (χ0v) is 23.7. The van der Waals surface area contributed by atoms with Crippen molar-refractivity contribution < 1.29 is 0 Å². The highest BCUT2D eigenvalue weighted by Crippen LogP contribution is 2.37. The molecule has 0 amide bonds. The van der Waals surface area contributed by atoms with Gasteiger partial charge in [0.2, 0.25) is 0 Å². The van der Waals surface area contributed by atoms with E-state index in [-0.39, 0.29) is 5.43 Å². The highest BCUT2D eigenvalue weighted by atomic mass is 79.9. The highest BCUT2D eigenvalue weighted by molar-refractivity contribution is 9.10. The van der Waals surface area contributed by atoms with E-state index in [0.717, 1.165) is 64.8 Å². The van der Waals surface area contributed by atoms with Gasteiger partial charge in [-0.3, -0.25) is 19.7 Å². The van der Waals surface area contributed by atoms with Crippen molar-refractivity contribution in [2.24, 2.45) is 0 Å². The van der Waals surface area contributed by atoms with Crippen molar-refractivity contribution in [3.8, 4) is 0 Å². The van der Waals surface area contributed by atoms with Gasteiger partial charge in [0.05, 0.1) is 17.4 Å². The summed E-state index contributed by atoms with van der Waals surface area (Å²) in [6.45, 7) is 7.43. The largest absolute Gasteiger partial charge is 0.369 e. The minimum atomic E-state index is 0.149. The molecule has 2 aliphatic rings. The van der Waals surface area contributed by atoms with Crippen molar-refractivity contribution in [2.45, 2.75) is 64.7 Å². The molecule has 1 saturated heterocycles. The molecule has 1 aliphatic heterocycles. The van der Waals surface area contributed by atoms with Crippen LogP contribution in [0.3, 0.4) is 0 Å². The predicted molar refractivity (Wildman–Crippen MR) is 157 cm³/mol. The van der Waals surface area contributed by atoms with Crippen LogP contribution in [0.2, 0.25) is 0 Å². The lowest BCUT2D eigenvalue weighted by molar-refractivity contribution is 0.158. The molecule has 2 fully saturated rings. The number of hydrogen-bond acceptors (Lipinski definition) is 5. The Morgan fingerprint density at radius 3 is 2.63 bits per heavy atom. The molecule has 38 heavy (non-hydrogen) atoms. The monoisotopic (exact) mass is 571 g/mol. The van der Waals surface area contributed by atoms with E-state index in [1.165, 1.54) is 24.1 Å². The quantitative estimate of drug-likeness (QED) is 0.265. The Balaban J connectivity index is 1.35. The SMILES string of the molecule is Cc1ccc(N2CCC[C@H](N(Cc3ccnc(C)c3)Cc3cn(C4CC4)c4cc(Br)ccc4c3=O)C2)cn1. The molecular formula is C31H34BrN5O. The summed E-state index contributed by atoms with van der Waals surface area (Å²) in [4.78, 5) is 27.7. The lowest BCUT2D eigenvalue weighted by atomic mass is 10.0. The summed E-state index contributed by atoms with van der Waals surface area (Å²) < 4.78 is 3.35. The summed E-state index contributed by atoms with van der Waals surface area (Å²) in [5, 5.41) is 0.813. The molecule has 0 bridgehead atoms. The average Bonchev–Trinajstić information content (AvgIpc) is 3.76. The van der Waals surface area contributed by atoms with Gasteiger partial charge in [-0.25, -0.2) is 0 Å². The Morgan fingerprint density at radius 1 is 1.00 bits per heavy atom. The normalized spacial score (nSPS) is 17.9. The third kappa shape index (κ3) is 5.40. The van der Waals surface area contributed by atoms with E-state index < -0.39 is 0 Å². The molecule has 196 valence electrons. The van der Waals surface area contributed by atoms with Crippen LogP contribution in [-0.2, 0) is 13.1 Å². The summed E-state index contributed by atoms with van der Waals surface area (Å²) in [5.74, 6) is 0. The zero-order valence-electron chi connectivity index (χ0n) is 22.1. The first-order valence-electron chi connectivity index (χ1n) is 13.6. The molecule has 6 nitrogen and oxygen atoms in total. The minimum absolute atomic E-state index is 0.149. The van der Waals surface area contributed by atoms with Gasteiger partial charge in [-0.1, -0.05) is 15.9 Å². The first-order valence-corrected chi connectivity index (χ1v) is 14.4. The van der Waals surface area contributed by atoms with E-state index >= 15 is 0 Å². The maximum atomic E-state index is 13.8. The molecule has 6 rings (SSSR count). The van der Waals surface area contributed by atoms with Crippen LogP contribution in [0.5, 0.6) is 0 Å². The molecule has 1 saturated carbocycles. The number of nitrogens with zero attached hydrogens (tertiary/aromatic N) is 5. The second-order valence-electron chi connectivity index (χ2n) is 10.9. The third-order valence-corrected chi connectivity index (χ3v) is 8.40. The summed E-state index contributed by atoms with van der Waals surface area (Å²) in [6, 6.07) is 15.4. The second-order valence-corrected chi connectivity index (χ2v) is 11.8. The van der Waals surface area contributed by atoms with Gasteiger partial charge in [0.15, 0.2) is 5.43 Å². The molecule has 0 radical (unpaired) electrons. The summed E-state index contributed by atoms with van der Waals surface area (Å²) >= 11 is 3.61. The van der Waals surface area contributed by atoms with Gasteiger partial charge in [-0.05, 0) is 87.6 Å². The predicted octanol–water partition coefficient (Wildman–Crippen LogP) is 6.18. The maximum absolute atomic E-state index is 13.8. The molecule has 1 aliphatic carbocycles. The number of aryl methyl sites for hydroxylation is 2. The molecule has 7 heteroatoms. The lowest BCUT2D eigenvalue weighted by Gasteiger charge is -2.40. The zero-order chi connectivity index (χ0) is 26.2. The number of anilines is 1. The van der Waals surface area contributed by atoms with Gasteiger partial charge in [-0.15, -0.1) is 0 Å². The first-order chi connectivity index (χ1) is 18.4. The van der Waals surface area contributed by atoms with Gasteiger partial charge in [0.25, 0.3) is 0 Å². The van der Waals surface area contributed by atoms with Gasteiger partial charge in [0, 0.05) is 77.5 Å². The third-order valence-electron chi connectivity index (χ3n) is 7.90. The Labute approximate surface area is 232 Å². The molecule has 4 heterocycles. The molecule has 1 aromatic carbocycles.